The van der Waals surface area contributed by atoms with Gasteiger partial charge in [0.1, 0.15) is 5.75 Å². The van der Waals surface area contributed by atoms with Gasteiger partial charge in [-0.05, 0) is 35.9 Å². The molecule has 4 heteroatoms. The van der Waals surface area contributed by atoms with Crippen molar-refractivity contribution in [2.24, 2.45) is 0 Å². The maximum absolute atomic E-state index is 11.6. The second kappa shape index (κ2) is 8.59. The normalized spacial score (nSPS) is 12.0. The molecule has 0 saturated heterocycles. The van der Waals surface area contributed by atoms with Crippen LogP contribution in [0.4, 0.5) is 0 Å². The van der Waals surface area contributed by atoms with Gasteiger partial charge in [0.05, 0.1) is 12.5 Å². The number of benzene rings is 1. The van der Waals surface area contributed by atoms with E-state index in [0.717, 1.165) is 35.5 Å². The fourth-order valence-electron chi connectivity index (χ4n) is 2.37. The van der Waals surface area contributed by atoms with E-state index in [0.29, 0.717) is 13.0 Å². The van der Waals surface area contributed by atoms with E-state index < -0.39 is 11.9 Å². The lowest BCUT2D eigenvalue weighted by molar-refractivity contribution is -0.138. The third kappa shape index (κ3) is 4.60. The highest BCUT2D eigenvalue weighted by molar-refractivity contribution is 7.10. The molecular weight excluding hydrogens is 296 g/mol. The quantitative estimate of drug-likeness (QED) is 0.680. The molecule has 1 heterocycles. The van der Waals surface area contributed by atoms with E-state index in [1.54, 1.807) is 0 Å². The first-order valence-corrected chi connectivity index (χ1v) is 8.57. The van der Waals surface area contributed by atoms with E-state index >= 15 is 0 Å². The van der Waals surface area contributed by atoms with Crippen molar-refractivity contribution in [2.75, 3.05) is 6.61 Å². The van der Waals surface area contributed by atoms with Gasteiger partial charge in [-0.15, -0.1) is 11.3 Å². The predicted octanol–water partition coefficient (Wildman–Crippen LogP) is 4.73. The first-order chi connectivity index (χ1) is 10.7. The van der Waals surface area contributed by atoms with Gasteiger partial charge in [0.2, 0.25) is 0 Å². The molecule has 118 valence electrons. The molecule has 1 unspecified atom stereocenters. The van der Waals surface area contributed by atoms with Crippen molar-refractivity contribution in [2.45, 2.75) is 38.5 Å². The van der Waals surface area contributed by atoms with Crippen molar-refractivity contribution in [3.05, 3.63) is 52.2 Å². The largest absolute Gasteiger partial charge is 0.493 e. The standard InChI is InChI=1S/C18H22O3S/c1-2-3-6-11-21-16-9-5-4-8-14(16)13-15(18(19)20)17-10-7-12-22-17/h4-5,7-10,12,15H,2-3,6,11,13H2,1H3,(H,19,20). The van der Waals surface area contributed by atoms with Gasteiger partial charge in [-0.1, -0.05) is 44.0 Å². The number of carboxylic acid groups (broad SMARTS) is 1. The Kier molecular flexibility index (Phi) is 6.46. The topological polar surface area (TPSA) is 46.5 Å². The van der Waals surface area contributed by atoms with Crippen LogP contribution in [-0.4, -0.2) is 17.7 Å². The number of hydrogen-bond acceptors (Lipinski definition) is 3. The summed E-state index contributed by atoms with van der Waals surface area (Å²) in [6, 6.07) is 11.5. The molecule has 1 atom stereocenters. The zero-order chi connectivity index (χ0) is 15.8. The molecule has 1 N–H and O–H groups in total. The van der Waals surface area contributed by atoms with Gasteiger partial charge >= 0.3 is 5.97 Å². The van der Waals surface area contributed by atoms with Crippen LogP contribution in [0.5, 0.6) is 5.75 Å². The minimum Gasteiger partial charge on any atom is -0.493 e. The highest BCUT2D eigenvalue weighted by Gasteiger charge is 2.22. The van der Waals surface area contributed by atoms with Crippen LogP contribution in [-0.2, 0) is 11.2 Å². The summed E-state index contributed by atoms with van der Waals surface area (Å²) in [5, 5.41) is 11.4. The molecule has 0 fully saturated rings. The first-order valence-electron chi connectivity index (χ1n) is 7.69. The van der Waals surface area contributed by atoms with Crippen LogP contribution < -0.4 is 4.74 Å². The smallest absolute Gasteiger partial charge is 0.312 e. The highest BCUT2D eigenvalue weighted by Crippen LogP contribution is 2.29. The van der Waals surface area contributed by atoms with Crippen molar-refractivity contribution in [1.82, 2.24) is 0 Å². The molecule has 0 aliphatic heterocycles. The summed E-state index contributed by atoms with van der Waals surface area (Å²) in [5.74, 6) is -0.495. The van der Waals surface area contributed by atoms with Gasteiger partial charge in [0.15, 0.2) is 0 Å². The third-order valence-corrected chi connectivity index (χ3v) is 4.57. The van der Waals surface area contributed by atoms with E-state index in [9.17, 15) is 9.90 Å². The number of thiophene rings is 1. The predicted molar refractivity (Wildman–Crippen MR) is 89.9 cm³/mol. The van der Waals surface area contributed by atoms with E-state index in [1.807, 2.05) is 41.8 Å². The summed E-state index contributed by atoms with van der Waals surface area (Å²) in [6.45, 7) is 2.84. The van der Waals surface area contributed by atoms with Crippen LogP contribution >= 0.6 is 11.3 Å². The van der Waals surface area contributed by atoms with Crippen LogP contribution in [0.1, 0.15) is 42.5 Å². The van der Waals surface area contributed by atoms with Gasteiger partial charge in [0.25, 0.3) is 0 Å². The molecule has 2 aromatic rings. The van der Waals surface area contributed by atoms with E-state index in [2.05, 4.69) is 6.92 Å². The zero-order valence-corrected chi connectivity index (χ0v) is 13.6. The molecule has 0 aliphatic rings. The van der Waals surface area contributed by atoms with Crippen molar-refractivity contribution in [3.63, 3.8) is 0 Å². The minimum atomic E-state index is -0.789. The molecule has 1 aromatic heterocycles. The van der Waals surface area contributed by atoms with Crippen LogP contribution in [0.3, 0.4) is 0 Å². The summed E-state index contributed by atoms with van der Waals surface area (Å²) < 4.78 is 5.85. The fraction of sp³-hybridized carbons (Fsp3) is 0.389. The van der Waals surface area contributed by atoms with Crippen LogP contribution in [0.25, 0.3) is 0 Å². The number of para-hydroxylation sites is 1. The maximum atomic E-state index is 11.6. The maximum Gasteiger partial charge on any atom is 0.312 e. The summed E-state index contributed by atoms with van der Waals surface area (Å²) in [7, 11) is 0. The summed E-state index contributed by atoms with van der Waals surface area (Å²) in [4.78, 5) is 12.5. The minimum absolute atomic E-state index is 0.458. The molecule has 0 aliphatic carbocycles. The Labute approximate surface area is 135 Å². The molecular formula is C18H22O3S. The molecule has 0 radical (unpaired) electrons. The Morgan fingerprint density at radius 2 is 2.05 bits per heavy atom. The summed E-state index contributed by atoms with van der Waals surface area (Å²) >= 11 is 1.49. The molecule has 0 saturated carbocycles. The Bertz CT molecular complexity index is 578. The molecule has 2 rings (SSSR count). The lowest BCUT2D eigenvalue weighted by Gasteiger charge is -2.15. The van der Waals surface area contributed by atoms with E-state index in [1.165, 1.54) is 11.3 Å². The average Bonchev–Trinajstić information content (AvgIpc) is 3.04. The Hall–Kier alpha value is -1.81. The van der Waals surface area contributed by atoms with Gasteiger partial charge in [0, 0.05) is 4.88 Å². The number of ether oxygens (including phenoxy) is 1. The van der Waals surface area contributed by atoms with Gasteiger partial charge in [-0.25, -0.2) is 0 Å². The van der Waals surface area contributed by atoms with Gasteiger partial charge in [-0.2, -0.15) is 0 Å². The van der Waals surface area contributed by atoms with Gasteiger partial charge < -0.3 is 9.84 Å². The highest BCUT2D eigenvalue weighted by atomic mass is 32.1. The number of rotatable bonds is 9. The Morgan fingerprint density at radius 3 is 2.73 bits per heavy atom. The lowest BCUT2D eigenvalue weighted by Crippen LogP contribution is -2.14. The van der Waals surface area contributed by atoms with Crippen molar-refractivity contribution >= 4 is 17.3 Å². The molecule has 0 amide bonds. The first kappa shape index (κ1) is 16.6. The zero-order valence-electron chi connectivity index (χ0n) is 12.8. The Balaban J connectivity index is 2.09. The molecule has 3 nitrogen and oxygen atoms in total. The van der Waals surface area contributed by atoms with Crippen molar-refractivity contribution in [1.29, 1.82) is 0 Å². The van der Waals surface area contributed by atoms with Crippen LogP contribution in [0.15, 0.2) is 41.8 Å². The van der Waals surface area contributed by atoms with E-state index in [4.69, 9.17) is 4.74 Å². The lowest BCUT2D eigenvalue weighted by atomic mass is 9.97. The number of hydrogen-bond donors (Lipinski definition) is 1. The fourth-order valence-corrected chi connectivity index (χ4v) is 3.19. The van der Waals surface area contributed by atoms with E-state index in [-0.39, 0.29) is 0 Å². The number of unbranched alkanes of at least 4 members (excludes halogenated alkanes) is 2. The second-order valence-electron chi connectivity index (χ2n) is 5.27. The summed E-state index contributed by atoms with van der Waals surface area (Å²) in [5.41, 5.74) is 0.958. The van der Waals surface area contributed by atoms with Crippen LogP contribution in [0.2, 0.25) is 0 Å². The molecule has 0 spiro atoms. The van der Waals surface area contributed by atoms with Crippen molar-refractivity contribution < 1.29 is 14.6 Å². The van der Waals surface area contributed by atoms with Crippen LogP contribution in [0, 0.1) is 0 Å². The Morgan fingerprint density at radius 1 is 1.23 bits per heavy atom. The number of carboxylic acids is 1. The number of aliphatic carboxylic acids is 1. The SMILES string of the molecule is CCCCCOc1ccccc1CC(C(=O)O)c1cccs1. The molecule has 22 heavy (non-hydrogen) atoms. The average molecular weight is 318 g/mol. The molecule has 0 bridgehead atoms. The third-order valence-electron chi connectivity index (χ3n) is 3.59. The monoisotopic (exact) mass is 318 g/mol. The number of carbonyl (C=O) groups is 1. The van der Waals surface area contributed by atoms with Crippen molar-refractivity contribution in [3.8, 4) is 5.75 Å². The molecule has 1 aromatic carbocycles. The van der Waals surface area contributed by atoms with Gasteiger partial charge in [-0.3, -0.25) is 4.79 Å². The summed E-state index contributed by atoms with van der Waals surface area (Å²) in [6.07, 6.45) is 3.79. The second-order valence-corrected chi connectivity index (χ2v) is 6.25.